The maximum atomic E-state index is 14.0. The lowest BCUT2D eigenvalue weighted by Gasteiger charge is -2.24. The summed E-state index contributed by atoms with van der Waals surface area (Å²) >= 11 is 0. The Morgan fingerprint density at radius 2 is 1.96 bits per heavy atom. The Labute approximate surface area is 165 Å². The zero-order valence-corrected chi connectivity index (χ0v) is 17.1. The lowest BCUT2D eigenvalue weighted by Crippen LogP contribution is -2.28. The molecule has 3 rings (SSSR count). The minimum absolute atomic E-state index is 0.0559. The summed E-state index contributed by atoms with van der Waals surface area (Å²) in [6.07, 6.45) is 9.01. The van der Waals surface area contributed by atoms with Crippen molar-refractivity contribution in [3.63, 3.8) is 0 Å². The molecule has 2 aromatic rings. The molecule has 0 saturated heterocycles. The number of hydrogen-bond donors (Lipinski definition) is 1. The number of carboxylic acids is 1. The van der Waals surface area contributed by atoms with E-state index in [1.807, 2.05) is 0 Å². The number of rotatable bonds is 9. The number of fused-ring (bicyclic) bond motifs is 1. The normalized spacial score (nSPS) is 15.1. The molecule has 1 unspecified atom stereocenters. The molecule has 4 nitrogen and oxygen atoms in total. The number of carboxylic acid groups (broad SMARTS) is 1. The fraction of sp³-hybridized carbons (Fsp3) is 0.565. The minimum Gasteiger partial charge on any atom is -0.477 e. The number of carbonyl (C=O) groups is 1. The molecule has 2 aromatic heterocycles. The molecule has 0 radical (unpaired) electrons. The molecule has 28 heavy (non-hydrogen) atoms. The van der Waals surface area contributed by atoms with Crippen LogP contribution in [0, 0.1) is 12.7 Å². The van der Waals surface area contributed by atoms with Crippen LogP contribution in [0.4, 0.5) is 4.39 Å². The van der Waals surface area contributed by atoms with Crippen molar-refractivity contribution < 1.29 is 14.3 Å². The van der Waals surface area contributed by atoms with E-state index in [1.165, 1.54) is 10.5 Å². The number of nitrogens with zero attached hydrogens (tertiary/aromatic N) is 1. The Hall–Kier alpha value is -2.17. The van der Waals surface area contributed by atoms with Crippen molar-refractivity contribution >= 4 is 11.5 Å². The molecule has 1 aliphatic carbocycles. The second kappa shape index (κ2) is 8.46. The molecule has 152 valence electrons. The molecule has 1 aliphatic rings. The number of halogens is 1. The van der Waals surface area contributed by atoms with Crippen molar-refractivity contribution in [3.8, 4) is 0 Å². The highest BCUT2D eigenvalue weighted by Crippen LogP contribution is 2.47. The van der Waals surface area contributed by atoms with Gasteiger partial charge in [-0.05, 0) is 67.2 Å². The summed E-state index contributed by atoms with van der Waals surface area (Å²) < 4.78 is 15.3. The average Bonchev–Trinajstić information content (AvgIpc) is 3.46. The average molecular weight is 387 g/mol. The van der Waals surface area contributed by atoms with Gasteiger partial charge in [0.1, 0.15) is 11.4 Å². The largest absolute Gasteiger partial charge is 0.477 e. The third-order valence-electron chi connectivity index (χ3n) is 5.87. The third kappa shape index (κ3) is 3.85. The maximum absolute atomic E-state index is 14.0. The summed E-state index contributed by atoms with van der Waals surface area (Å²) in [5.74, 6) is -1.40. The van der Waals surface area contributed by atoms with E-state index < -0.39 is 17.3 Å². The van der Waals surface area contributed by atoms with Crippen LogP contribution in [0.15, 0.2) is 17.1 Å². The Morgan fingerprint density at radius 1 is 1.25 bits per heavy atom. The smallest absolute Gasteiger partial charge is 0.341 e. The highest BCUT2D eigenvalue weighted by atomic mass is 19.1. The first-order valence-electron chi connectivity index (χ1n) is 10.5. The Bertz CT molecular complexity index is 943. The predicted molar refractivity (Wildman–Crippen MR) is 109 cm³/mol. The van der Waals surface area contributed by atoms with Crippen LogP contribution in [0.1, 0.15) is 104 Å². The molecule has 0 aliphatic heterocycles. The fourth-order valence-electron chi connectivity index (χ4n) is 4.53. The molecule has 0 amide bonds. The highest BCUT2D eigenvalue weighted by molar-refractivity contribution is 5.91. The van der Waals surface area contributed by atoms with Crippen molar-refractivity contribution in [1.82, 2.24) is 4.40 Å². The van der Waals surface area contributed by atoms with E-state index in [0.717, 1.165) is 68.7 Å². The van der Waals surface area contributed by atoms with Crippen molar-refractivity contribution in [2.24, 2.45) is 0 Å². The van der Waals surface area contributed by atoms with E-state index in [1.54, 1.807) is 6.92 Å². The van der Waals surface area contributed by atoms with Crippen LogP contribution in [0.5, 0.6) is 0 Å². The zero-order valence-electron chi connectivity index (χ0n) is 17.1. The van der Waals surface area contributed by atoms with Crippen LogP contribution >= 0.6 is 0 Å². The molecular weight excluding hydrogens is 357 g/mol. The summed E-state index contributed by atoms with van der Waals surface area (Å²) in [7, 11) is 0. The van der Waals surface area contributed by atoms with Gasteiger partial charge in [-0.25, -0.2) is 9.18 Å². The van der Waals surface area contributed by atoms with E-state index in [4.69, 9.17) is 0 Å². The Kier molecular flexibility index (Phi) is 6.21. The van der Waals surface area contributed by atoms with Gasteiger partial charge in [-0.3, -0.25) is 9.20 Å². The monoisotopic (exact) mass is 387 g/mol. The van der Waals surface area contributed by atoms with E-state index in [0.29, 0.717) is 11.1 Å². The number of aryl methyl sites for hydroxylation is 1. The number of aromatic nitrogens is 1. The van der Waals surface area contributed by atoms with Gasteiger partial charge in [0.25, 0.3) is 5.56 Å². The van der Waals surface area contributed by atoms with Gasteiger partial charge in [0, 0.05) is 6.20 Å². The lowest BCUT2D eigenvalue weighted by atomic mass is 9.82. The fourth-order valence-corrected chi connectivity index (χ4v) is 4.53. The van der Waals surface area contributed by atoms with Crippen molar-refractivity contribution in [3.05, 3.63) is 50.7 Å². The summed E-state index contributed by atoms with van der Waals surface area (Å²) in [4.78, 5) is 25.3. The van der Waals surface area contributed by atoms with Crippen LogP contribution in [0.25, 0.3) is 5.52 Å². The van der Waals surface area contributed by atoms with E-state index in [-0.39, 0.29) is 17.4 Å². The molecule has 1 N–H and O–H groups in total. The van der Waals surface area contributed by atoms with Crippen molar-refractivity contribution in [2.75, 3.05) is 0 Å². The van der Waals surface area contributed by atoms with E-state index in [9.17, 15) is 19.1 Å². The molecule has 1 atom stereocenters. The van der Waals surface area contributed by atoms with Crippen molar-refractivity contribution in [2.45, 2.75) is 84.0 Å². The van der Waals surface area contributed by atoms with Gasteiger partial charge in [0.15, 0.2) is 0 Å². The van der Waals surface area contributed by atoms with Crippen LogP contribution in [-0.2, 0) is 0 Å². The van der Waals surface area contributed by atoms with Gasteiger partial charge in [-0.15, -0.1) is 0 Å². The summed E-state index contributed by atoms with van der Waals surface area (Å²) in [6, 6.07) is 1.44. The second-order valence-electron chi connectivity index (χ2n) is 8.13. The quantitative estimate of drug-likeness (QED) is 0.554. The molecule has 1 fully saturated rings. The van der Waals surface area contributed by atoms with Gasteiger partial charge in [-0.1, -0.05) is 39.5 Å². The summed E-state index contributed by atoms with van der Waals surface area (Å²) in [5, 5.41) is 9.95. The van der Waals surface area contributed by atoms with Crippen LogP contribution < -0.4 is 5.56 Å². The predicted octanol–water partition coefficient (Wildman–Crippen LogP) is 5.79. The maximum Gasteiger partial charge on any atom is 0.341 e. The van der Waals surface area contributed by atoms with E-state index >= 15 is 0 Å². The van der Waals surface area contributed by atoms with Gasteiger partial charge >= 0.3 is 5.97 Å². The first-order chi connectivity index (χ1) is 13.4. The van der Waals surface area contributed by atoms with Crippen molar-refractivity contribution in [1.29, 1.82) is 0 Å². The number of aromatic carboxylic acids is 1. The number of hydrogen-bond acceptors (Lipinski definition) is 2. The first kappa shape index (κ1) is 20.6. The van der Waals surface area contributed by atoms with Crippen LogP contribution in [-0.4, -0.2) is 15.5 Å². The molecular formula is C23H30FNO3. The van der Waals surface area contributed by atoms with E-state index in [2.05, 4.69) is 13.8 Å². The topological polar surface area (TPSA) is 58.8 Å². The number of pyridine rings is 2. The molecule has 0 aromatic carbocycles. The first-order valence-corrected chi connectivity index (χ1v) is 10.5. The van der Waals surface area contributed by atoms with Gasteiger partial charge in [0.2, 0.25) is 0 Å². The Balaban J connectivity index is 2.35. The molecule has 5 heteroatoms. The number of unbranched alkanes of at least 4 members (excludes halogenated alkanes) is 2. The van der Waals surface area contributed by atoms with Crippen LogP contribution in [0.2, 0.25) is 0 Å². The zero-order chi connectivity index (χ0) is 20.4. The summed E-state index contributed by atoms with van der Waals surface area (Å²) in [5.41, 5.74) is 2.35. The minimum atomic E-state index is -1.20. The van der Waals surface area contributed by atoms with Gasteiger partial charge in [-0.2, -0.15) is 0 Å². The highest BCUT2D eigenvalue weighted by Gasteiger charge is 2.35. The third-order valence-corrected chi connectivity index (χ3v) is 5.87. The molecule has 1 saturated carbocycles. The van der Waals surface area contributed by atoms with Gasteiger partial charge < -0.3 is 5.11 Å². The molecule has 0 spiro atoms. The Morgan fingerprint density at radius 3 is 2.54 bits per heavy atom. The molecule has 2 heterocycles. The lowest BCUT2D eigenvalue weighted by molar-refractivity contribution is 0.0692. The second-order valence-corrected chi connectivity index (χ2v) is 8.13. The van der Waals surface area contributed by atoms with Gasteiger partial charge in [0.05, 0.1) is 5.52 Å². The summed E-state index contributed by atoms with van der Waals surface area (Å²) in [6.45, 7) is 6.05. The molecule has 0 bridgehead atoms. The SMILES string of the molecule is CCCCCC(CCC)c1c(C(=O)O)c(=O)n2cc(F)cc(C)c2c1C1CC1. The van der Waals surface area contributed by atoms with Crippen LogP contribution in [0.3, 0.4) is 0 Å². The standard InChI is InChI=1S/C23H30FNO3/c1-4-6-7-9-15(8-5-2)18-19(16-10-11-16)21-14(3)12-17(24)13-25(21)22(26)20(18)23(27)28/h12-13,15-16H,4-11H2,1-3H3,(H,27,28).